The maximum atomic E-state index is 12.1. The van der Waals surface area contributed by atoms with Gasteiger partial charge in [-0.1, -0.05) is 6.07 Å². The number of nitrogens with zero attached hydrogens (tertiary/aromatic N) is 4. The van der Waals surface area contributed by atoms with Crippen molar-refractivity contribution < 1.29 is 4.79 Å². The number of pyridine rings is 1. The Morgan fingerprint density at radius 2 is 2.27 bits per heavy atom. The summed E-state index contributed by atoms with van der Waals surface area (Å²) in [6, 6.07) is 8.26. The molecule has 7 heteroatoms. The topological polar surface area (TPSA) is 63.1 Å². The maximum absolute atomic E-state index is 12.1. The van der Waals surface area contributed by atoms with Gasteiger partial charge in [0.2, 0.25) is 0 Å². The van der Waals surface area contributed by atoms with Crippen LogP contribution in [0.15, 0.2) is 53.6 Å². The van der Waals surface area contributed by atoms with Crippen LogP contribution in [-0.4, -0.2) is 38.7 Å². The molecule has 1 aliphatic rings. The lowest BCUT2D eigenvalue weighted by Gasteiger charge is -2.34. The van der Waals surface area contributed by atoms with Gasteiger partial charge in [0.05, 0.1) is 11.7 Å². The van der Waals surface area contributed by atoms with Crippen LogP contribution >= 0.6 is 11.3 Å². The average molecular weight is 367 g/mol. The number of hydrogen-bond acceptors (Lipinski definition) is 5. The fraction of sp³-hybridized carbons (Fsp3) is 0.316. The first kappa shape index (κ1) is 16.9. The van der Waals surface area contributed by atoms with Gasteiger partial charge < -0.3 is 5.32 Å². The Balaban J connectivity index is 1.38. The predicted octanol–water partition coefficient (Wildman–Crippen LogP) is 2.72. The van der Waals surface area contributed by atoms with Gasteiger partial charge >= 0.3 is 0 Å². The molecule has 0 saturated carbocycles. The van der Waals surface area contributed by atoms with Crippen molar-refractivity contribution in [2.45, 2.75) is 25.6 Å². The lowest BCUT2D eigenvalue weighted by Crippen LogP contribution is -2.38. The Kier molecular flexibility index (Phi) is 5.08. The molecule has 4 heterocycles. The summed E-state index contributed by atoms with van der Waals surface area (Å²) < 4.78 is 2.11. The van der Waals surface area contributed by atoms with Crippen molar-refractivity contribution in [2.75, 3.05) is 13.1 Å². The largest absolute Gasteiger partial charge is 0.352 e. The molecule has 0 radical (unpaired) electrons. The summed E-state index contributed by atoms with van der Waals surface area (Å²) in [5.74, 6) is -0.00466. The van der Waals surface area contributed by atoms with Crippen LogP contribution in [0.25, 0.3) is 0 Å². The van der Waals surface area contributed by atoms with Crippen molar-refractivity contribution in [3.8, 4) is 0 Å². The Hall–Kier alpha value is -2.51. The van der Waals surface area contributed by atoms with Crippen LogP contribution in [0.5, 0.6) is 0 Å². The number of thiophene rings is 1. The molecule has 0 unspecified atom stereocenters. The predicted molar refractivity (Wildman–Crippen MR) is 101 cm³/mol. The molecule has 0 aliphatic carbocycles. The molecule has 26 heavy (non-hydrogen) atoms. The van der Waals surface area contributed by atoms with Gasteiger partial charge in [-0.15, -0.1) is 0 Å². The SMILES string of the molecule is O=C(NCC[C@H]1CN(Cc2cccnc2)Cc2ccnn21)c1ccsc1. The van der Waals surface area contributed by atoms with Gasteiger partial charge in [0.25, 0.3) is 5.91 Å². The van der Waals surface area contributed by atoms with E-state index in [1.807, 2.05) is 35.3 Å². The molecule has 0 aromatic carbocycles. The minimum Gasteiger partial charge on any atom is -0.352 e. The monoisotopic (exact) mass is 367 g/mol. The second-order valence-corrected chi connectivity index (χ2v) is 7.29. The molecule has 1 atom stereocenters. The van der Waals surface area contributed by atoms with Gasteiger partial charge in [-0.2, -0.15) is 16.4 Å². The van der Waals surface area contributed by atoms with E-state index in [1.54, 1.807) is 6.20 Å². The number of aromatic nitrogens is 3. The van der Waals surface area contributed by atoms with Crippen molar-refractivity contribution in [2.24, 2.45) is 0 Å². The number of amides is 1. The lowest BCUT2D eigenvalue weighted by molar-refractivity contribution is 0.0947. The number of rotatable bonds is 6. The second-order valence-electron chi connectivity index (χ2n) is 6.51. The van der Waals surface area contributed by atoms with E-state index in [0.29, 0.717) is 6.54 Å². The molecule has 3 aromatic rings. The standard InChI is InChI=1S/C19H21N5OS/c25-19(16-5-9-26-14-16)21-7-3-17-12-23(11-15-2-1-6-20-10-15)13-18-4-8-22-24(17)18/h1-2,4-6,8-10,14,17H,3,7,11-13H2,(H,21,25)/t17-/m0/s1. The molecule has 0 bridgehead atoms. The zero-order valence-corrected chi connectivity index (χ0v) is 15.2. The number of hydrogen-bond donors (Lipinski definition) is 1. The average Bonchev–Trinajstić information content (AvgIpc) is 3.34. The number of nitrogens with one attached hydrogen (secondary N) is 1. The first-order valence-electron chi connectivity index (χ1n) is 8.73. The van der Waals surface area contributed by atoms with Crippen molar-refractivity contribution >= 4 is 17.2 Å². The number of carbonyl (C=O) groups is 1. The van der Waals surface area contributed by atoms with Crippen LogP contribution in [-0.2, 0) is 13.1 Å². The third-order valence-corrected chi connectivity index (χ3v) is 5.31. The van der Waals surface area contributed by atoms with E-state index < -0.39 is 0 Å². The van der Waals surface area contributed by atoms with E-state index in [4.69, 9.17) is 0 Å². The molecule has 6 nitrogen and oxygen atoms in total. The van der Waals surface area contributed by atoms with Crippen LogP contribution < -0.4 is 5.32 Å². The van der Waals surface area contributed by atoms with Crippen molar-refractivity contribution in [1.82, 2.24) is 25.0 Å². The highest BCUT2D eigenvalue weighted by Crippen LogP contribution is 2.24. The third kappa shape index (κ3) is 3.84. The Morgan fingerprint density at radius 1 is 1.31 bits per heavy atom. The highest BCUT2D eigenvalue weighted by molar-refractivity contribution is 7.08. The normalized spacial score (nSPS) is 17.0. The van der Waals surface area contributed by atoms with E-state index >= 15 is 0 Å². The van der Waals surface area contributed by atoms with Gasteiger partial charge in [-0.05, 0) is 35.6 Å². The fourth-order valence-electron chi connectivity index (χ4n) is 3.40. The minimum atomic E-state index is -0.00466. The first-order chi connectivity index (χ1) is 12.8. The molecule has 0 fully saturated rings. The Bertz CT molecular complexity index is 846. The summed E-state index contributed by atoms with van der Waals surface area (Å²) in [4.78, 5) is 18.7. The van der Waals surface area contributed by atoms with Crippen LogP contribution in [0.3, 0.4) is 0 Å². The molecule has 1 aliphatic heterocycles. The molecule has 4 rings (SSSR count). The molecular formula is C19H21N5OS. The molecule has 1 N–H and O–H groups in total. The lowest BCUT2D eigenvalue weighted by atomic mass is 10.1. The first-order valence-corrected chi connectivity index (χ1v) is 9.68. The van der Waals surface area contributed by atoms with E-state index in [-0.39, 0.29) is 11.9 Å². The van der Waals surface area contributed by atoms with Crippen molar-refractivity contribution in [3.63, 3.8) is 0 Å². The molecule has 1 amide bonds. The summed E-state index contributed by atoms with van der Waals surface area (Å²) in [6.45, 7) is 3.31. The second kappa shape index (κ2) is 7.80. The molecule has 3 aromatic heterocycles. The van der Waals surface area contributed by atoms with Gasteiger partial charge in [-0.25, -0.2) is 0 Å². The zero-order valence-electron chi connectivity index (χ0n) is 14.4. The Labute approximate surface area is 156 Å². The van der Waals surface area contributed by atoms with E-state index in [2.05, 4.69) is 37.1 Å². The zero-order chi connectivity index (χ0) is 17.8. The van der Waals surface area contributed by atoms with Gasteiger partial charge in [-0.3, -0.25) is 19.4 Å². The number of fused-ring (bicyclic) bond motifs is 1. The van der Waals surface area contributed by atoms with Crippen LogP contribution in [0.4, 0.5) is 0 Å². The summed E-state index contributed by atoms with van der Waals surface area (Å²) in [5.41, 5.74) is 3.16. The molecule has 0 spiro atoms. The van der Waals surface area contributed by atoms with Gasteiger partial charge in [0, 0.05) is 55.7 Å². The smallest absolute Gasteiger partial charge is 0.252 e. The fourth-order valence-corrected chi connectivity index (χ4v) is 4.03. The van der Waals surface area contributed by atoms with Gasteiger partial charge in [0.15, 0.2) is 0 Å². The van der Waals surface area contributed by atoms with Crippen molar-refractivity contribution in [3.05, 3.63) is 70.4 Å². The highest BCUT2D eigenvalue weighted by atomic mass is 32.1. The quantitative estimate of drug-likeness (QED) is 0.728. The van der Waals surface area contributed by atoms with Crippen LogP contribution in [0.1, 0.15) is 34.1 Å². The van der Waals surface area contributed by atoms with Crippen molar-refractivity contribution in [1.29, 1.82) is 0 Å². The Morgan fingerprint density at radius 3 is 3.08 bits per heavy atom. The number of carbonyl (C=O) groups excluding carboxylic acids is 1. The van der Waals surface area contributed by atoms with E-state index in [1.165, 1.54) is 22.6 Å². The van der Waals surface area contributed by atoms with E-state index in [9.17, 15) is 4.79 Å². The summed E-state index contributed by atoms with van der Waals surface area (Å²) in [5, 5.41) is 11.3. The minimum absolute atomic E-state index is 0.00466. The molecule has 134 valence electrons. The van der Waals surface area contributed by atoms with E-state index in [0.717, 1.165) is 31.6 Å². The summed E-state index contributed by atoms with van der Waals surface area (Å²) in [6.07, 6.45) is 6.43. The molecule has 0 saturated heterocycles. The third-order valence-electron chi connectivity index (χ3n) is 4.63. The van der Waals surface area contributed by atoms with Gasteiger partial charge in [0.1, 0.15) is 0 Å². The maximum Gasteiger partial charge on any atom is 0.252 e. The molecular weight excluding hydrogens is 346 g/mol. The highest BCUT2D eigenvalue weighted by Gasteiger charge is 2.25. The summed E-state index contributed by atoms with van der Waals surface area (Å²) in [7, 11) is 0. The van der Waals surface area contributed by atoms with Crippen LogP contribution in [0, 0.1) is 0 Å². The summed E-state index contributed by atoms with van der Waals surface area (Å²) >= 11 is 1.54. The van der Waals surface area contributed by atoms with Crippen LogP contribution in [0.2, 0.25) is 0 Å².